The Kier molecular flexibility index (Phi) is 6.88. The Bertz CT molecular complexity index is 126. The molecule has 14 heavy (non-hydrogen) atoms. The molecule has 1 aliphatic rings. The zero-order chi connectivity index (χ0) is 10.2. The third-order valence-corrected chi connectivity index (χ3v) is 4.18. The SMILES string of the molecule is CCC(CBr)CN1CCCCCCC1. The zero-order valence-corrected chi connectivity index (χ0v) is 11.1. The van der Waals surface area contributed by atoms with E-state index < -0.39 is 0 Å². The maximum atomic E-state index is 3.61. The molecule has 0 amide bonds. The minimum absolute atomic E-state index is 0.856. The number of halogens is 1. The Morgan fingerprint density at radius 2 is 1.64 bits per heavy atom. The van der Waals surface area contributed by atoms with Crippen molar-refractivity contribution in [2.24, 2.45) is 5.92 Å². The van der Waals surface area contributed by atoms with Gasteiger partial charge >= 0.3 is 0 Å². The van der Waals surface area contributed by atoms with E-state index in [0.717, 1.165) is 5.92 Å². The summed E-state index contributed by atoms with van der Waals surface area (Å²) in [6.45, 7) is 6.28. The average molecular weight is 262 g/mol. The first kappa shape index (κ1) is 12.5. The first-order valence-electron chi connectivity index (χ1n) is 6.15. The second-order valence-electron chi connectivity index (χ2n) is 4.50. The third kappa shape index (κ3) is 4.79. The highest BCUT2D eigenvalue weighted by Gasteiger charge is 2.12. The molecule has 0 bridgehead atoms. The van der Waals surface area contributed by atoms with Gasteiger partial charge in [-0.25, -0.2) is 0 Å². The van der Waals surface area contributed by atoms with E-state index in [-0.39, 0.29) is 0 Å². The smallest absolute Gasteiger partial charge is 0.00717 e. The highest BCUT2D eigenvalue weighted by molar-refractivity contribution is 9.09. The van der Waals surface area contributed by atoms with Gasteiger partial charge in [0.25, 0.3) is 0 Å². The largest absolute Gasteiger partial charge is 0.303 e. The fourth-order valence-corrected chi connectivity index (χ4v) is 2.81. The summed E-state index contributed by atoms with van der Waals surface area (Å²) in [7, 11) is 0. The van der Waals surface area contributed by atoms with Crippen molar-refractivity contribution in [3.05, 3.63) is 0 Å². The molecule has 2 heteroatoms. The number of nitrogens with zero attached hydrogens (tertiary/aromatic N) is 1. The van der Waals surface area contributed by atoms with Crippen LogP contribution in [0.1, 0.15) is 45.4 Å². The average Bonchev–Trinajstić information content (AvgIpc) is 2.16. The summed E-state index contributed by atoms with van der Waals surface area (Å²) in [6.07, 6.45) is 8.49. The van der Waals surface area contributed by atoms with Crippen molar-refractivity contribution in [1.29, 1.82) is 0 Å². The number of hydrogen-bond acceptors (Lipinski definition) is 1. The maximum absolute atomic E-state index is 3.61. The molecule has 84 valence electrons. The van der Waals surface area contributed by atoms with Crippen molar-refractivity contribution in [1.82, 2.24) is 4.90 Å². The lowest BCUT2D eigenvalue weighted by Crippen LogP contribution is -2.32. The first-order chi connectivity index (χ1) is 6.86. The molecule has 1 saturated heterocycles. The standard InChI is InChI=1S/C12H24BrN/c1-2-12(10-13)11-14-8-6-4-3-5-7-9-14/h12H,2-11H2,1H3. The summed E-state index contributed by atoms with van der Waals surface area (Å²) in [4.78, 5) is 2.68. The maximum Gasteiger partial charge on any atom is 0.00717 e. The van der Waals surface area contributed by atoms with Gasteiger partial charge in [0.1, 0.15) is 0 Å². The lowest BCUT2D eigenvalue weighted by atomic mass is 10.1. The van der Waals surface area contributed by atoms with E-state index in [1.807, 2.05) is 0 Å². The highest BCUT2D eigenvalue weighted by Crippen LogP contribution is 2.14. The fourth-order valence-electron chi connectivity index (χ4n) is 2.15. The second kappa shape index (κ2) is 7.70. The first-order valence-corrected chi connectivity index (χ1v) is 7.27. The van der Waals surface area contributed by atoms with Gasteiger partial charge in [0.2, 0.25) is 0 Å². The molecule has 0 radical (unpaired) electrons. The molecule has 1 heterocycles. The van der Waals surface area contributed by atoms with Crippen molar-refractivity contribution >= 4 is 15.9 Å². The Morgan fingerprint density at radius 3 is 2.14 bits per heavy atom. The Labute approximate surface area is 97.4 Å². The van der Waals surface area contributed by atoms with Gasteiger partial charge in [0, 0.05) is 11.9 Å². The van der Waals surface area contributed by atoms with E-state index in [1.165, 1.54) is 63.5 Å². The molecule has 0 saturated carbocycles. The number of alkyl halides is 1. The lowest BCUT2D eigenvalue weighted by molar-refractivity contribution is 0.217. The fraction of sp³-hybridized carbons (Fsp3) is 1.00. The topological polar surface area (TPSA) is 3.24 Å². The van der Waals surface area contributed by atoms with Crippen molar-refractivity contribution in [3.63, 3.8) is 0 Å². The molecule has 1 fully saturated rings. The molecule has 1 atom stereocenters. The minimum atomic E-state index is 0.856. The molecular formula is C12H24BrN. The second-order valence-corrected chi connectivity index (χ2v) is 5.14. The van der Waals surface area contributed by atoms with Crippen molar-refractivity contribution in [2.45, 2.75) is 45.4 Å². The van der Waals surface area contributed by atoms with Crippen LogP contribution in [0.25, 0.3) is 0 Å². The Hall–Kier alpha value is 0.440. The Balaban J connectivity index is 2.25. The lowest BCUT2D eigenvalue weighted by Gasteiger charge is -2.27. The van der Waals surface area contributed by atoms with Gasteiger partial charge in [0.15, 0.2) is 0 Å². The molecule has 1 unspecified atom stereocenters. The summed E-state index contributed by atoms with van der Waals surface area (Å²) in [5.41, 5.74) is 0. The van der Waals surface area contributed by atoms with Gasteiger partial charge < -0.3 is 4.90 Å². The van der Waals surface area contributed by atoms with Gasteiger partial charge in [0.05, 0.1) is 0 Å². The molecule has 1 rings (SSSR count). The summed E-state index contributed by atoms with van der Waals surface area (Å²) in [5.74, 6) is 0.856. The van der Waals surface area contributed by atoms with Crippen LogP contribution in [-0.4, -0.2) is 29.9 Å². The van der Waals surface area contributed by atoms with Gasteiger partial charge in [-0.2, -0.15) is 0 Å². The summed E-state index contributed by atoms with van der Waals surface area (Å²) in [6, 6.07) is 0. The number of rotatable bonds is 4. The summed E-state index contributed by atoms with van der Waals surface area (Å²) >= 11 is 3.61. The molecule has 0 N–H and O–H groups in total. The van der Waals surface area contributed by atoms with Crippen LogP contribution in [0.15, 0.2) is 0 Å². The van der Waals surface area contributed by atoms with Gasteiger partial charge in [-0.3, -0.25) is 0 Å². The predicted octanol–water partition coefficient (Wildman–Crippen LogP) is 3.67. The van der Waals surface area contributed by atoms with Gasteiger partial charge in [-0.05, 0) is 31.8 Å². The van der Waals surface area contributed by atoms with Crippen molar-refractivity contribution in [3.8, 4) is 0 Å². The van der Waals surface area contributed by atoms with Crippen LogP contribution >= 0.6 is 15.9 Å². The molecule has 0 aromatic carbocycles. The molecule has 0 aliphatic carbocycles. The number of likely N-dealkylation sites (tertiary alicyclic amines) is 1. The van der Waals surface area contributed by atoms with Gasteiger partial charge in [-0.1, -0.05) is 48.5 Å². The van der Waals surface area contributed by atoms with Crippen LogP contribution in [0.5, 0.6) is 0 Å². The minimum Gasteiger partial charge on any atom is -0.303 e. The predicted molar refractivity (Wildman–Crippen MR) is 67.1 cm³/mol. The quantitative estimate of drug-likeness (QED) is 0.699. The van der Waals surface area contributed by atoms with E-state index in [4.69, 9.17) is 0 Å². The van der Waals surface area contributed by atoms with Crippen LogP contribution in [0.2, 0.25) is 0 Å². The van der Waals surface area contributed by atoms with E-state index >= 15 is 0 Å². The monoisotopic (exact) mass is 261 g/mol. The zero-order valence-electron chi connectivity index (χ0n) is 9.47. The van der Waals surface area contributed by atoms with E-state index in [2.05, 4.69) is 27.8 Å². The summed E-state index contributed by atoms with van der Waals surface area (Å²) < 4.78 is 0. The summed E-state index contributed by atoms with van der Waals surface area (Å²) in [5, 5.41) is 1.17. The van der Waals surface area contributed by atoms with Crippen LogP contribution < -0.4 is 0 Å². The van der Waals surface area contributed by atoms with Crippen LogP contribution in [0, 0.1) is 5.92 Å². The molecule has 0 aromatic heterocycles. The van der Waals surface area contributed by atoms with Crippen LogP contribution in [-0.2, 0) is 0 Å². The van der Waals surface area contributed by atoms with Crippen molar-refractivity contribution < 1.29 is 0 Å². The van der Waals surface area contributed by atoms with E-state index in [9.17, 15) is 0 Å². The molecule has 0 spiro atoms. The molecule has 0 aromatic rings. The molecule has 1 aliphatic heterocycles. The van der Waals surface area contributed by atoms with Crippen molar-refractivity contribution in [2.75, 3.05) is 25.0 Å². The molecular weight excluding hydrogens is 238 g/mol. The van der Waals surface area contributed by atoms with Crippen LogP contribution in [0.4, 0.5) is 0 Å². The van der Waals surface area contributed by atoms with E-state index in [1.54, 1.807) is 0 Å². The third-order valence-electron chi connectivity index (χ3n) is 3.26. The van der Waals surface area contributed by atoms with Crippen LogP contribution in [0.3, 0.4) is 0 Å². The molecule has 1 nitrogen and oxygen atoms in total. The number of hydrogen-bond donors (Lipinski definition) is 0. The normalized spacial score (nSPS) is 22.7. The Morgan fingerprint density at radius 1 is 1.07 bits per heavy atom. The van der Waals surface area contributed by atoms with Gasteiger partial charge in [-0.15, -0.1) is 0 Å². The highest BCUT2D eigenvalue weighted by atomic mass is 79.9. The van der Waals surface area contributed by atoms with E-state index in [0.29, 0.717) is 0 Å².